The van der Waals surface area contributed by atoms with Gasteiger partial charge in [-0.3, -0.25) is 4.79 Å². The van der Waals surface area contributed by atoms with E-state index in [9.17, 15) is 4.79 Å². The molecule has 2 unspecified atom stereocenters. The van der Waals surface area contributed by atoms with Crippen LogP contribution in [-0.4, -0.2) is 11.9 Å². The Morgan fingerprint density at radius 1 is 1.29 bits per heavy atom. The van der Waals surface area contributed by atoms with Crippen molar-refractivity contribution in [2.24, 2.45) is 11.8 Å². The Kier molecular flexibility index (Phi) is 5.51. The van der Waals surface area contributed by atoms with Crippen molar-refractivity contribution in [1.29, 1.82) is 0 Å². The van der Waals surface area contributed by atoms with Crippen molar-refractivity contribution in [2.75, 3.05) is 10.6 Å². The van der Waals surface area contributed by atoms with E-state index in [2.05, 4.69) is 24.5 Å². The maximum atomic E-state index is 11.5. The first-order valence-electron chi connectivity index (χ1n) is 7.87. The summed E-state index contributed by atoms with van der Waals surface area (Å²) in [4.78, 5) is 11.5. The molecule has 1 aromatic rings. The van der Waals surface area contributed by atoms with Gasteiger partial charge >= 0.3 is 0 Å². The molecule has 4 heteroatoms. The largest absolute Gasteiger partial charge is 0.381 e. The molecule has 3 nitrogen and oxygen atoms in total. The lowest BCUT2D eigenvalue weighted by Crippen LogP contribution is -2.37. The summed E-state index contributed by atoms with van der Waals surface area (Å²) in [6, 6.07) is 6.06. The van der Waals surface area contributed by atoms with Crippen molar-refractivity contribution < 1.29 is 4.79 Å². The molecular weight excluding hydrogens is 284 g/mol. The van der Waals surface area contributed by atoms with Crippen LogP contribution in [0.5, 0.6) is 0 Å². The second-order valence-corrected chi connectivity index (χ2v) is 6.56. The van der Waals surface area contributed by atoms with Crippen LogP contribution in [0.3, 0.4) is 0 Å². The fraction of sp³-hybridized carbons (Fsp3) is 0.588. The molecule has 1 aliphatic carbocycles. The van der Waals surface area contributed by atoms with Gasteiger partial charge in [-0.15, -0.1) is 0 Å². The zero-order valence-electron chi connectivity index (χ0n) is 13.1. The van der Waals surface area contributed by atoms with Crippen molar-refractivity contribution in [1.82, 2.24) is 0 Å². The molecule has 0 saturated heterocycles. The van der Waals surface area contributed by atoms with Gasteiger partial charge in [-0.25, -0.2) is 0 Å². The molecule has 1 fully saturated rings. The Morgan fingerprint density at radius 3 is 2.57 bits per heavy atom. The van der Waals surface area contributed by atoms with Gasteiger partial charge in [0.1, 0.15) is 0 Å². The topological polar surface area (TPSA) is 41.1 Å². The van der Waals surface area contributed by atoms with E-state index in [1.165, 1.54) is 19.3 Å². The highest BCUT2D eigenvalue weighted by atomic mass is 35.5. The maximum absolute atomic E-state index is 11.5. The van der Waals surface area contributed by atoms with Gasteiger partial charge in [0.2, 0.25) is 5.91 Å². The molecule has 2 rings (SSSR count). The SMILES string of the molecule is CCC(=O)Nc1ccc(Cl)c(NC2C(C)CCCC2C)c1. The predicted molar refractivity (Wildman–Crippen MR) is 90.0 cm³/mol. The summed E-state index contributed by atoms with van der Waals surface area (Å²) >= 11 is 6.31. The van der Waals surface area contributed by atoms with E-state index in [0.717, 1.165) is 11.4 Å². The minimum atomic E-state index is 0.0164. The van der Waals surface area contributed by atoms with Gasteiger partial charge in [0.05, 0.1) is 10.7 Å². The number of hydrogen-bond donors (Lipinski definition) is 2. The molecular formula is C17H25ClN2O. The first kappa shape index (κ1) is 16.2. The van der Waals surface area contributed by atoms with E-state index in [0.29, 0.717) is 29.3 Å². The molecule has 116 valence electrons. The van der Waals surface area contributed by atoms with Crippen LogP contribution in [0.4, 0.5) is 11.4 Å². The minimum Gasteiger partial charge on any atom is -0.381 e. The van der Waals surface area contributed by atoms with Crippen LogP contribution in [0.25, 0.3) is 0 Å². The lowest BCUT2D eigenvalue weighted by atomic mass is 9.78. The lowest BCUT2D eigenvalue weighted by Gasteiger charge is -2.36. The van der Waals surface area contributed by atoms with E-state index in [1.807, 2.05) is 25.1 Å². The summed E-state index contributed by atoms with van der Waals surface area (Å²) in [6.07, 6.45) is 4.29. The van der Waals surface area contributed by atoms with Crippen LogP contribution in [0, 0.1) is 11.8 Å². The summed E-state index contributed by atoms with van der Waals surface area (Å²) in [5.41, 5.74) is 1.71. The van der Waals surface area contributed by atoms with Crippen molar-refractivity contribution in [3.63, 3.8) is 0 Å². The van der Waals surface area contributed by atoms with Gasteiger partial charge in [-0.2, -0.15) is 0 Å². The Morgan fingerprint density at radius 2 is 1.95 bits per heavy atom. The fourth-order valence-corrected chi connectivity index (χ4v) is 3.28. The molecule has 0 spiro atoms. The number of amides is 1. The van der Waals surface area contributed by atoms with Crippen LogP contribution < -0.4 is 10.6 Å². The molecule has 1 amide bonds. The number of hydrogen-bond acceptors (Lipinski definition) is 2. The third kappa shape index (κ3) is 4.13. The van der Waals surface area contributed by atoms with Crippen LogP contribution in [0.2, 0.25) is 5.02 Å². The average molecular weight is 309 g/mol. The third-order valence-corrected chi connectivity index (χ3v) is 4.77. The normalized spacial score (nSPS) is 25.4. The summed E-state index contributed by atoms with van der Waals surface area (Å²) in [7, 11) is 0. The summed E-state index contributed by atoms with van der Waals surface area (Å²) < 4.78 is 0. The second kappa shape index (κ2) is 7.17. The molecule has 1 aromatic carbocycles. The van der Waals surface area contributed by atoms with Crippen LogP contribution >= 0.6 is 11.6 Å². The van der Waals surface area contributed by atoms with Gasteiger partial charge in [-0.05, 0) is 42.9 Å². The molecule has 0 heterocycles. The number of halogens is 1. The van der Waals surface area contributed by atoms with Gasteiger partial charge in [-0.1, -0.05) is 38.8 Å². The number of nitrogens with one attached hydrogen (secondary N) is 2. The quantitative estimate of drug-likeness (QED) is 0.828. The van der Waals surface area contributed by atoms with E-state index in [1.54, 1.807) is 0 Å². The van der Waals surface area contributed by atoms with Crippen molar-refractivity contribution in [2.45, 2.75) is 52.5 Å². The number of anilines is 2. The van der Waals surface area contributed by atoms with Gasteiger partial charge < -0.3 is 10.6 Å². The zero-order valence-corrected chi connectivity index (χ0v) is 13.8. The Labute approximate surface area is 132 Å². The van der Waals surface area contributed by atoms with E-state index in [-0.39, 0.29) is 5.91 Å². The summed E-state index contributed by atoms with van der Waals surface area (Å²) in [5, 5.41) is 7.18. The summed E-state index contributed by atoms with van der Waals surface area (Å²) in [5.74, 6) is 1.29. The highest BCUT2D eigenvalue weighted by molar-refractivity contribution is 6.33. The number of benzene rings is 1. The molecule has 1 aliphatic rings. The maximum Gasteiger partial charge on any atom is 0.224 e. The van der Waals surface area contributed by atoms with E-state index >= 15 is 0 Å². The molecule has 0 aliphatic heterocycles. The van der Waals surface area contributed by atoms with Crippen molar-refractivity contribution >= 4 is 28.9 Å². The van der Waals surface area contributed by atoms with Crippen LogP contribution in [0.15, 0.2) is 18.2 Å². The summed E-state index contributed by atoms with van der Waals surface area (Å²) in [6.45, 7) is 6.43. The molecule has 0 bridgehead atoms. The first-order valence-corrected chi connectivity index (χ1v) is 8.25. The second-order valence-electron chi connectivity index (χ2n) is 6.15. The molecule has 2 N–H and O–H groups in total. The smallest absolute Gasteiger partial charge is 0.224 e. The van der Waals surface area contributed by atoms with Gasteiger partial charge in [0.25, 0.3) is 0 Å². The Bertz CT molecular complexity index is 494. The van der Waals surface area contributed by atoms with Crippen LogP contribution in [0.1, 0.15) is 46.5 Å². The first-order chi connectivity index (χ1) is 10.0. The van der Waals surface area contributed by atoms with Crippen LogP contribution in [-0.2, 0) is 4.79 Å². The molecule has 2 atom stereocenters. The monoisotopic (exact) mass is 308 g/mol. The number of carbonyl (C=O) groups is 1. The van der Waals surface area contributed by atoms with Gasteiger partial charge in [0, 0.05) is 18.2 Å². The Balaban J connectivity index is 2.14. The highest BCUT2D eigenvalue weighted by Gasteiger charge is 2.27. The molecule has 0 aromatic heterocycles. The average Bonchev–Trinajstić information content (AvgIpc) is 2.46. The molecule has 1 saturated carbocycles. The number of carbonyl (C=O) groups excluding carboxylic acids is 1. The Hall–Kier alpha value is -1.22. The molecule has 21 heavy (non-hydrogen) atoms. The number of rotatable bonds is 4. The van der Waals surface area contributed by atoms with Crippen molar-refractivity contribution in [3.8, 4) is 0 Å². The highest BCUT2D eigenvalue weighted by Crippen LogP contribution is 2.34. The minimum absolute atomic E-state index is 0.0164. The van der Waals surface area contributed by atoms with Gasteiger partial charge in [0.15, 0.2) is 0 Å². The fourth-order valence-electron chi connectivity index (χ4n) is 3.11. The van der Waals surface area contributed by atoms with E-state index < -0.39 is 0 Å². The molecule has 0 radical (unpaired) electrons. The van der Waals surface area contributed by atoms with E-state index in [4.69, 9.17) is 11.6 Å². The third-order valence-electron chi connectivity index (χ3n) is 4.44. The standard InChI is InChI=1S/C17H25ClN2O/c1-4-16(21)19-13-8-9-14(18)15(10-13)20-17-11(2)6-5-7-12(17)3/h8-12,17,20H,4-7H2,1-3H3,(H,19,21). The van der Waals surface area contributed by atoms with Crippen molar-refractivity contribution in [3.05, 3.63) is 23.2 Å². The predicted octanol–water partition coefficient (Wildman–Crippen LogP) is 4.93. The zero-order chi connectivity index (χ0) is 15.4. The lowest BCUT2D eigenvalue weighted by molar-refractivity contribution is -0.115.